The van der Waals surface area contributed by atoms with Crippen LogP contribution in [0.4, 0.5) is 0 Å². The number of nitrogens with one attached hydrogen (secondary N) is 2. The molecule has 28 heavy (non-hydrogen) atoms. The molecule has 0 aliphatic heterocycles. The first-order chi connectivity index (χ1) is 13.4. The Morgan fingerprint density at radius 1 is 0.929 bits per heavy atom. The number of rotatable bonds is 9. The standard InChI is InChI=1S/C22H28N2O4/c1-15(2)21(24-20(25)13-16-8-6-5-7-9-16)22(26)23-14-17-10-11-18(27-3)19(12-17)28-4/h5-12,15,21H,13-14H2,1-4H3,(H,23,26)(H,24,25)/t21-/m0/s1. The van der Waals surface area contributed by atoms with Crippen molar-refractivity contribution in [3.05, 3.63) is 59.7 Å². The van der Waals surface area contributed by atoms with Gasteiger partial charge in [-0.25, -0.2) is 0 Å². The average Bonchev–Trinajstić information content (AvgIpc) is 2.70. The van der Waals surface area contributed by atoms with Gasteiger partial charge in [0.25, 0.3) is 0 Å². The first-order valence-corrected chi connectivity index (χ1v) is 9.26. The molecule has 2 N–H and O–H groups in total. The summed E-state index contributed by atoms with van der Waals surface area (Å²) in [6.07, 6.45) is 0.243. The molecule has 6 heteroatoms. The second-order valence-electron chi connectivity index (χ2n) is 6.86. The van der Waals surface area contributed by atoms with Gasteiger partial charge in [-0.1, -0.05) is 50.2 Å². The van der Waals surface area contributed by atoms with E-state index in [0.29, 0.717) is 18.0 Å². The number of ether oxygens (including phenoxy) is 2. The summed E-state index contributed by atoms with van der Waals surface area (Å²) in [6, 6.07) is 14.3. The van der Waals surface area contributed by atoms with Crippen LogP contribution in [0.5, 0.6) is 11.5 Å². The van der Waals surface area contributed by atoms with Gasteiger partial charge in [-0.05, 0) is 29.2 Å². The molecular formula is C22H28N2O4. The van der Waals surface area contributed by atoms with E-state index in [2.05, 4.69) is 10.6 Å². The zero-order valence-corrected chi connectivity index (χ0v) is 16.8. The summed E-state index contributed by atoms with van der Waals surface area (Å²) in [5, 5.41) is 5.73. The number of hydrogen-bond donors (Lipinski definition) is 2. The average molecular weight is 384 g/mol. The topological polar surface area (TPSA) is 76.7 Å². The number of carbonyl (C=O) groups excluding carboxylic acids is 2. The third-order valence-corrected chi connectivity index (χ3v) is 4.39. The highest BCUT2D eigenvalue weighted by molar-refractivity contribution is 5.88. The molecule has 2 amide bonds. The summed E-state index contributed by atoms with van der Waals surface area (Å²) < 4.78 is 10.5. The smallest absolute Gasteiger partial charge is 0.243 e. The van der Waals surface area contributed by atoms with Crippen LogP contribution >= 0.6 is 0 Å². The lowest BCUT2D eigenvalue weighted by molar-refractivity contribution is -0.129. The predicted molar refractivity (Wildman–Crippen MR) is 108 cm³/mol. The van der Waals surface area contributed by atoms with Crippen LogP contribution in [0.1, 0.15) is 25.0 Å². The van der Waals surface area contributed by atoms with Gasteiger partial charge in [0.2, 0.25) is 11.8 Å². The highest BCUT2D eigenvalue weighted by Gasteiger charge is 2.24. The third-order valence-electron chi connectivity index (χ3n) is 4.39. The van der Waals surface area contributed by atoms with Crippen LogP contribution in [0, 0.1) is 5.92 Å². The second kappa shape index (κ2) is 10.3. The fourth-order valence-electron chi connectivity index (χ4n) is 2.83. The maximum absolute atomic E-state index is 12.6. The van der Waals surface area contributed by atoms with Crippen LogP contribution in [-0.2, 0) is 22.6 Å². The molecule has 0 heterocycles. The fourth-order valence-corrected chi connectivity index (χ4v) is 2.83. The van der Waals surface area contributed by atoms with Crippen molar-refractivity contribution in [1.29, 1.82) is 0 Å². The molecule has 2 aromatic rings. The van der Waals surface area contributed by atoms with Gasteiger partial charge < -0.3 is 20.1 Å². The molecule has 0 aromatic heterocycles. The van der Waals surface area contributed by atoms with E-state index in [9.17, 15) is 9.59 Å². The molecule has 0 radical (unpaired) electrons. The maximum Gasteiger partial charge on any atom is 0.243 e. The molecule has 0 unspecified atom stereocenters. The van der Waals surface area contributed by atoms with Gasteiger partial charge in [0.15, 0.2) is 11.5 Å². The van der Waals surface area contributed by atoms with E-state index in [-0.39, 0.29) is 24.2 Å². The number of amides is 2. The minimum Gasteiger partial charge on any atom is -0.493 e. The lowest BCUT2D eigenvalue weighted by Crippen LogP contribution is -2.49. The van der Waals surface area contributed by atoms with Gasteiger partial charge in [0, 0.05) is 6.54 Å². The van der Waals surface area contributed by atoms with Crippen molar-refractivity contribution in [2.75, 3.05) is 14.2 Å². The van der Waals surface area contributed by atoms with Gasteiger partial charge in [-0.2, -0.15) is 0 Å². The molecule has 0 aliphatic rings. The molecule has 0 saturated heterocycles. The summed E-state index contributed by atoms with van der Waals surface area (Å²) in [6.45, 7) is 4.14. The van der Waals surface area contributed by atoms with E-state index < -0.39 is 6.04 Å². The van der Waals surface area contributed by atoms with Crippen molar-refractivity contribution in [1.82, 2.24) is 10.6 Å². The maximum atomic E-state index is 12.6. The van der Waals surface area contributed by atoms with E-state index in [1.807, 2.05) is 56.3 Å². The van der Waals surface area contributed by atoms with Crippen molar-refractivity contribution < 1.29 is 19.1 Å². The molecule has 0 saturated carbocycles. The number of benzene rings is 2. The van der Waals surface area contributed by atoms with E-state index in [1.54, 1.807) is 20.3 Å². The van der Waals surface area contributed by atoms with Crippen molar-refractivity contribution in [2.45, 2.75) is 32.9 Å². The van der Waals surface area contributed by atoms with E-state index in [4.69, 9.17) is 9.47 Å². The molecule has 0 bridgehead atoms. The molecule has 0 fully saturated rings. The summed E-state index contributed by atoms with van der Waals surface area (Å²) in [7, 11) is 3.14. The molecule has 0 aliphatic carbocycles. The molecular weight excluding hydrogens is 356 g/mol. The van der Waals surface area contributed by atoms with Gasteiger partial charge in [0.1, 0.15) is 6.04 Å². The SMILES string of the molecule is COc1ccc(CNC(=O)[C@@H](NC(=O)Cc2ccccc2)C(C)C)cc1OC. The minimum absolute atomic E-state index is 0.0369. The second-order valence-corrected chi connectivity index (χ2v) is 6.86. The first kappa shape index (κ1) is 21.3. The monoisotopic (exact) mass is 384 g/mol. The largest absolute Gasteiger partial charge is 0.493 e. The van der Waals surface area contributed by atoms with Crippen LogP contribution in [0.3, 0.4) is 0 Å². The third kappa shape index (κ3) is 6.01. The molecule has 2 aromatic carbocycles. The highest BCUT2D eigenvalue weighted by atomic mass is 16.5. The zero-order valence-electron chi connectivity index (χ0n) is 16.8. The van der Waals surface area contributed by atoms with Crippen LogP contribution in [0.15, 0.2) is 48.5 Å². The van der Waals surface area contributed by atoms with Gasteiger partial charge in [0.05, 0.1) is 20.6 Å². The Bertz CT molecular complexity index is 790. The van der Waals surface area contributed by atoms with E-state index >= 15 is 0 Å². The number of hydrogen-bond acceptors (Lipinski definition) is 4. The highest BCUT2D eigenvalue weighted by Crippen LogP contribution is 2.27. The lowest BCUT2D eigenvalue weighted by atomic mass is 10.0. The molecule has 0 spiro atoms. The quantitative estimate of drug-likeness (QED) is 0.697. The molecule has 2 rings (SSSR count). The Labute approximate surface area is 166 Å². The number of carbonyl (C=O) groups is 2. The van der Waals surface area contributed by atoms with Gasteiger partial charge in [-0.15, -0.1) is 0 Å². The zero-order chi connectivity index (χ0) is 20.5. The van der Waals surface area contributed by atoms with Crippen molar-refractivity contribution >= 4 is 11.8 Å². The summed E-state index contributed by atoms with van der Waals surface area (Å²) in [5.41, 5.74) is 1.79. The van der Waals surface area contributed by atoms with E-state index in [0.717, 1.165) is 11.1 Å². The molecule has 150 valence electrons. The molecule has 6 nitrogen and oxygen atoms in total. The van der Waals surface area contributed by atoms with Crippen LogP contribution in [0.25, 0.3) is 0 Å². The summed E-state index contributed by atoms with van der Waals surface area (Å²) >= 11 is 0. The van der Waals surface area contributed by atoms with Crippen LogP contribution < -0.4 is 20.1 Å². The van der Waals surface area contributed by atoms with Crippen molar-refractivity contribution in [2.24, 2.45) is 5.92 Å². The normalized spacial score (nSPS) is 11.6. The van der Waals surface area contributed by atoms with Crippen LogP contribution in [-0.4, -0.2) is 32.1 Å². The Morgan fingerprint density at radius 2 is 1.61 bits per heavy atom. The number of methoxy groups -OCH3 is 2. The Kier molecular flexibility index (Phi) is 7.87. The lowest BCUT2D eigenvalue weighted by Gasteiger charge is -2.22. The Hall–Kier alpha value is -3.02. The van der Waals surface area contributed by atoms with Crippen LogP contribution in [0.2, 0.25) is 0 Å². The summed E-state index contributed by atoms with van der Waals surface area (Å²) in [4.78, 5) is 25.0. The first-order valence-electron chi connectivity index (χ1n) is 9.26. The Morgan fingerprint density at radius 3 is 2.21 bits per heavy atom. The fraction of sp³-hybridized carbons (Fsp3) is 0.364. The Balaban J connectivity index is 1.96. The van der Waals surface area contributed by atoms with E-state index in [1.165, 1.54) is 0 Å². The summed E-state index contributed by atoms with van der Waals surface area (Å²) in [5.74, 6) is 0.805. The minimum atomic E-state index is -0.601. The van der Waals surface area contributed by atoms with Crippen molar-refractivity contribution in [3.8, 4) is 11.5 Å². The van der Waals surface area contributed by atoms with Crippen molar-refractivity contribution in [3.63, 3.8) is 0 Å². The van der Waals surface area contributed by atoms with Gasteiger partial charge in [-0.3, -0.25) is 9.59 Å². The van der Waals surface area contributed by atoms with Gasteiger partial charge >= 0.3 is 0 Å². The predicted octanol–water partition coefficient (Wildman–Crippen LogP) is 2.70. The molecule has 1 atom stereocenters.